The molecule has 1 aliphatic rings. The molecule has 0 saturated carbocycles. The Morgan fingerprint density at radius 3 is 2.56 bits per heavy atom. The van der Waals surface area contributed by atoms with Crippen molar-refractivity contribution in [1.82, 2.24) is 9.66 Å². The van der Waals surface area contributed by atoms with Gasteiger partial charge >= 0.3 is 6.18 Å². The van der Waals surface area contributed by atoms with Crippen LogP contribution in [-0.4, -0.2) is 39.4 Å². The third kappa shape index (κ3) is 4.42. The largest absolute Gasteiger partial charge is 0.409 e. The van der Waals surface area contributed by atoms with Crippen LogP contribution in [0.4, 0.5) is 24.5 Å². The second-order valence-electron chi connectivity index (χ2n) is 7.06. The molecule has 0 aliphatic carbocycles. The van der Waals surface area contributed by atoms with Gasteiger partial charge in [-0.05, 0) is 12.1 Å². The van der Waals surface area contributed by atoms with Crippen LogP contribution in [0, 0.1) is 0 Å². The number of nitrogens with zero attached hydrogens (tertiary/aromatic N) is 3. The number of fused-ring (bicyclic) bond motifs is 1. The molecule has 3 N–H and O–H groups in total. The fourth-order valence-electron chi connectivity index (χ4n) is 3.42. The van der Waals surface area contributed by atoms with Gasteiger partial charge in [0.15, 0.2) is 5.16 Å². The van der Waals surface area contributed by atoms with Crippen molar-refractivity contribution in [1.29, 1.82) is 0 Å². The standard InChI is InChI=1S/C21H18F3N5O2S/c22-21(23,24)17-10-18(30)26-14-8-4-5-9-16(14)29(17)19(31)12-32-20-27-15(11-28(20)25)13-6-2-1-3-7-13/h1-9,11,17H,10,12,25H2,(H,26,30). The number of imidazole rings is 1. The molecule has 0 spiro atoms. The van der Waals surface area contributed by atoms with E-state index in [2.05, 4.69) is 10.3 Å². The van der Waals surface area contributed by atoms with Crippen LogP contribution in [0.1, 0.15) is 6.42 Å². The van der Waals surface area contributed by atoms with Crippen molar-refractivity contribution in [2.75, 3.05) is 21.8 Å². The number of halogens is 3. The molecule has 11 heteroatoms. The number of nitrogens with two attached hydrogens (primary N) is 1. The highest BCUT2D eigenvalue weighted by atomic mass is 32.2. The van der Waals surface area contributed by atoms with Crippen molar-refractivity contribution >= 4 is 35.0 Å². The summed E-state index contributed by atoms with van der Waals surface area (Å²) in [7, 11) is 0. The monoisotopic (exact) mass is 461 g/mol. The van der Waals surface area contributed by atoms with Crippen molar-refractivity contribution in [2.45, 2.75) is 23.8 Å². The highest BCUT2D eigenvalue weighted by molar-refractivity contribution is 7.99. The summed E-state index contributed by atoms with van der Waals surface area (Å²) in [6, 6.07) is 12.8. The smallest absolute Gasteiger partial charge is 0.337 e. The van der Waals surface area contributed by atoms with Crippen LogP contribution in [0.5, 0.6) is 0 Å². The average molecular weight is 461 g/mol. The number of rotatable bonds is 4. The van der Waals surface area contributed by atoms with Gasteiger partial charge in [0.05, 0.1) is 35.4 Å². The summed E-state index contributed by atoms with van der Waals surface area (Å²) in [6.45, 7) is 0. The number of carbonyl (C=O) groups excluding carboxylic acids is 2. The molecule has 2 heterocycles. The van der Waals surface area contributed by atoms with E-state index >= 15 is 0 Å². The highest BCUT2D eigenvalue weighted by Crippen LogP contribution is 2.38. The van der Waals surface area contributed by atoms with Crippen molar-refractivity contribution in [3.63, 3.8) is 0 Å². The maximum atomic E-state index is 13.8. The molecule has 2 aromatic carbocycles. The third-order valence-corrected chi connectivity index (χ3v) is 5.82. The summed E-state index contributed by atoms with van der Waals surface area (Å²) in [4.78, 5) is 30.1. The summed E-state index contributed by atoms with van der Waals surface area (Å²) in [5.41, 5.74) is 1.53. The Hall–Kier alpha value is -3.47. The topological polar surface area (TPSA) is 93.2 Å². The lowest BCUT2D eigenvalue weighted by atomic mass is 10.1. The van der Waals surface area contributed by atoms with E-state index in [4.69, 9.17) is 5.84 Å². The number of anilines is 2. The first-order valence-electron chi connectivity index (χ1n) is 9.54. The van der Waals surface area contributed by atoms with E-state index in [1.807, 2.05) is 30.3 Å². The zero-order chi connectivity index (χ0) is 22.9. The normalized spacial score (nSPS) is 16.3. The van der Waals surface area contributed by atoms with Crippen LogP contribution in [0.15, 0.2) is 66.0 Å². The lowest BCUT2D eigenvalue weighted by Gasteiger charge is -2.31. The third-order valence-electron chi connectivity index (χ3n) is 4.87. The van der Waals surface area contributed by atoms with Gasteiger partial charge in [-0.3, -0.25) is 14.5 Å². The van der Waals surface area contributed by atoms with Gasteiger partial charge in [0.2, 0.25) is 11.8 Å². The number of alkyl halides is 3. The van der Waals surface area contributed by atoms with Gasteiger partial charge in [-0.15, -0.1) is 0 Å². The molecule has 3 aromatic rings. The van der Waals surface area contributed by atoms with E-state index in [0.29, 0.717) is 10.6 Å². The predicted octanol–water partition coefficient (Wildman–Crippen LogP) is 3.66. The molecule has 0 fully saturated rings. The second kappa shape index (κ2) is 8.58. The van der Waals surface area contributed by atoms with Crippen molar-refractivity contribution in [3.05, 3.63) is 60.8 Å². The van der Waals surface area contributed by atoms with E-state index in [1.54, 1.807) is 12.3 Å². The number of para-hydroxylation sites is 2. The van der Waals surface area contributed by atoms with Crippen LogP contribution in [0.2, 0.25) is 0 Å². The number of nitrogens with one attached hydrogen (secondary N) is 1. The second-order valence-corrected chi connectivity index (χ2v) is 8.00. The maximum absolute atomic E-state index is 13.8. The molecule has 7 nitrogen and oxygen atoms in total. The summed E-state index contributed by atoms with van der Waals surface area (Å²) in [5.74, 6) is 3.96. The number of thioether (sulfide) groups is 1. The number of hydrogen-bond acceptors (Lipinski definition) is 5. The number of benzene rings is 2. The summed E-state index contributed by atoms with van der Waals surface area (Å²) in [6.07, 6.45) is -4.11. The van der Waals surface area contributed by atoms with Gasteiger partial charge in [-0.1, -0.05) is 54.2 Å². The number of nitrogen functional groups attached to an aromatic ring is 1. The van der Waals surface area contributed by atoms with E-state index in [1.165, 1.54) is 22.9 Å². The molecular formula is C21H18F3N5O2S. The van der Waals surface area contributed by atoms with Crippen molar-refractivity contribution < 1.29 is 22.8 Å². The minimum Gasteiger partial charge on any atom is -0.337 e. The Kier molecular flexibility index (Phi) is 5.83. The fourth-order valence-corrected chi connectivity index (χ4v) is 4.18. The Balaban J connectivity index is 1.60. The highest BCUT2D eigenvalue weighted by Gasteiger charge is 2.48. The minimum absolute atomic E-state index is 0.00709. The average Bonchev–Trinajstić information content (AvgIpc) is 3.05. The van der Waals surface area contributed by atoms with E-state index in [9.17, 15) is 22.8 Å². The molecule has 1 aliphatic heterocycles. The number of carbonyl (C=O) groups is 2. The summed E-state index contributed by atoms with van der Waals surface area (Å²) in [5, 5.41) is 2.71. The Morgan fingerprint density at radius 1 is 1.16 bits per heavy atom. The summed E-state index contributed by atoms with van der Waals surface area (Å²) < 4.78 is 42.6. The van der Waals surface area contributed by atoms with Gasteiger partial charge < -0.3 is 11.2 Å². The molecule has 32 heavy (non-hydrogen) atoms. The van der Waals surface area contributed by atoms with Crippen LogP contribution in [-0.2, 0) is 9.59 Å². The number of hydrogen-bond donors (Lipinski definition) is 2. The summed E-state index contributed by atoms with van der Waals surface area (Å²) >= 11 is 0.922. The quantitative estimate of drug-likeness (QED) is 0.457. The van der Waals surface area contributed by atoms with Crippen LogP contribution in [0.3, 0.4) is 0 Å². The molecule has 0 radical (unpaired) electrons. The van der Waals surface area contributed by atoms with Crippen molar-refractivity contribution in [2.24, 2.45) is 0 Å². The minimum atomic E-state index is -4.79. The molecule has 166 valence electrons. The number of aromatic nitrogens is 2. The Morgan fingerprint density at radius 2 is 1.84 bits per heavy atom. The van der Waals surface area contributed by atoms with Gasteiger partial charge in [0, 0.05) is 5.56 Å². The Bertz CT molecular complexity index is 1150. The molecule has 1 unspecified atom stereocenters. The van der Waals surface area contributed by atoms with Gasteiger partial charge in [-0.25, -0.2) is 9.66 Å². The molecule has 2 amide bonds. The first kappa shape index (κ1) is 21.8. The van der Waals surface area contributed by atoms with Gasteiger partial charge in [0.1, 0.15) is 6.04 Å². The number of amides is 2. The zero-order valence-corrected chi connectivity index (χ0v) is 17.4. The van der Waals surface area contributed by atoms with Crippen LogP contribution >= 0.6 is 11.8 Å². The predicted molar refractivity (Wildman–Crippen MR) is 116 cm³/mol. The van der Waals surface area contributed by atoms with E-state index < -0.39 is 30.5 Å². The fraction of sp³-hybridized carbons (Fsp3) is 0.190. The SMILES string of the molecule is Nn1cc(-c2ccccc2)nc1SCC(=O)N1c2ccccc2NC(=O)CC1C(F)(F)F. The Labute approximate surface area is 185 Å². The lowest BCUT2D eigenvalue weighted by Crippen LogP contribution is -2.50. The van der Waals surface area contributed by atoms with Crippen LogP contribution < -0.4 is 16.1 Å². The van der Waals surface area contributed by atoms with E-state index in [0.717, 1.165) is 17.3 Å². The first-order valence-corrected chi connectivity index (χ1v) is 10.5. The van der Waals surface area contributed by atoms with Gasteiger partial charge in [-0.2, -0.15) is 13.2 Å². The van der Waals surface area contributed by atoms with Crippen molar-refractivity contribution in [3.8, 4) is 11.3 Å². The molecule has 1 aromatic heterocycles. The molecule has 0 saturated heterocycles. The molecular weight excluding hydrogens is 443 g/mol. The molecule has 4 rings (SSSR count). The molecule has 0 bridgehead atoms. The van der Waals surface area contributed by atoms with E-state index in [-0.39, 0.29) is 22.3 Å². The zero-order valence-electron chi connectivity index (χ0n) is 16.5. The lowest BCUT2D eigenvalue weighted by molar-refractivity contribution is -0.157. The van der Waals surface area contributed by atoms with Gasteiger partial charge in [0.25, 0.3) is 0 Å². The molecule has 1 atom stereocenters. The van der Waals surface area contributed by atoms with Crippen LogP contribution in [0.25, 0.3) is 11.3 Å². The maximum Gasteiger partial charge on any atom is 0.409 e. The first-order chi connectivity index (χ1) is 15.2.